The number of pyridine rings is 1. The van der Waals surface area contributed by atoms with Crippen molar-refractivity contribution in [2.24, 2.45) is 5.73 Å². The maximum atomic E-state index is 15.4. The molecule has 0 spiro atoms. The number of benzene rings is 2. The monoisotopic (exact) mass is 523 g/mol. The normalized spacial score (nSPS) is 12.6. The number of sulfonamides is 1. The van der Waals surface area contributed by atoms with E-state index in [0.29, 0.717) is 12.1 Å². The number of primary amides is 1. The molecule has 5 N–H and O–H groups in total. The molecule has 15 heteroatoms. The second-order valence-corrected chi connectivity index (χ2v) is 9.05. The van der Waals surface area contributed by atoms with Crippen LogP contribution in [0.15, 0.2) is 41.4 Å². The van der Waals surface area contributed by atoms with Crippen molar-refractivity contribution in [2.45, 2.75) is 4.90 Å². The van der Waals surface area contributed by atoms with Gasteiger partial charge in [0.25, 0.3) is 15.9 Å². The first-order valence-electron chi connectivity index (χ1n) is 9.87. The van der Waals surface area contributed by atoms with Crippen LogP contribution in [0.25, 0.3) is 0 Å². The first-order valence-corrected chi connectivity index (χ1v) is 11.4. The second-order valence-electron chi connectivity index (χ2n) is 7.37. The van der Waals surface area contributed by atoms with Crippen molar-refractivity contribution in [3.05, 3.63) is 65.1 Å². The topological polar surface area (TPSA) is 164 Å². The standard InChI is InChI=1S/C21H16F3N5O6S/c1-35-15-3-2-10(5-11(15)22)36(33,34)28-18-13(6-12(23)16(17(18)24)19(25)30)29-8-27-20-14(29)4-9(7-26-20)21(31)32/h2-7,28H,8H2,1H3,(H2,25,30)(H,26,27)(H,31,32). The number of hydrogen-bond donors (Lipinski definition) is 4. The molecule has 2 heterocycles. The smallest absolute Gasteiger partial charge is 0.337 e. The number of carboxylic acids is 1. The number of amides is 1. The molecule has 3 aromatic rings. The highest BCUT2D eigenvalue weighted by molar-refractivity contribution is 7.92. The molecule has 0 aliphatic carbocycles. The van der Waals surface area contributed by atoms with E-state index in [2.05, 4.69) is 10.3 Å². The SMILES string of the molecule is COc1ccc(S(=O)(=O)Nc2c(N3CNc4ncc(C(=O)O)cc43)cc(F)c(C(N)=O)c2F)cc1F. The van der Waals surface area contributed by atoms with Crippen molar-refractivity contribution >= 4 is 44.8 Å². The Morgan fingerprint density at radius 3 is 2.50 bits per heavy atom. The number of aromatic carboxylic acids is 1. The minimum absolute atomic E-state index is 0.0523. The highest BCUT2D eigenvalue weighted by Crippen LogP contribution is 2.42. The number of carboxylic acid groups (broad SMARTS) is 1. The van der Waals surface area contributed by atoms with Crippen LogP contribution in [0.4, 0.5) is 36.1 Å². The van der Waals surface area contributed by atoms with Crippen molar-refractivity contribution in [1.82, 2.24) is 4.98 Å². The Morgan fingerprint density at radius 2 is 1.89 bits per heavy atom. The summed E-state index contributed by atoms with van der Waals surface area (Å²) in [6.45, 7) is -0.202. The van der Waals surface area contributed by atoms with E-state index in [1.54, 1.807) is 0 Å². The van der Waals surface area contributed by atoms with Crippen molar-refractivity contribution in [1.29, 1.82) is 0 Å². The fraction of sp³-hybridized carbons (Fsp3) is 0.0952. The summed E-state index contributed by atoms with van der Waals surface area (Å²) in [5, 5.41) is 12.0. The molecular weight excluding hydrogens is 507 g/mol. The van der Waals surface area contributed by atoms with Crippen molar-refractivity contribution < 1.29 is 41.0 Å². The number of carbonyl (C=O) groups excluding carboxylic acids is 1. The number of aromatic nitrogens is 1. The number of methoxy groups -OCH3 is 1. The van der Waals surface area contributed by atoms with E-state index in [-0.39, 0.29) is 29.5 Å². The molecule has 0 atom stereocenters. The zero-order valence-corrected chi connectivity index (χ0v) is 19.0. The molecule has 0 unspecified atom stereocenters. The van der Waals surface area contributed by atoms with Gasteiger partial charge in [0.05, 0.1) is 35.6 Å². The molecule has 1 aromatic heterocycles. The van der Waals surface area contributed by atoms with Gasteiger partial charge in [-0.05, 0) is 24.3 Å². The van der Waals surface area contributed by atoms with Crippen molar-refractivity contribution in [3.63, 3.8) is 0 Å². The quantitative estimate of drug-likeness (QED) is 0.364. The second kappa shape index (κ2) is 8.92. The van der Waals surface area contributed by atoms with Crippen LogP contribution in [0.1, 0.15) is 20.7 Å². The lowest BCUT2D eigenvalue weighted by Gasteiger charge is -2.23. The summed E-state index contributed by atoms with van der Waals surface area (Å²) in [7, 11) is -3.54. The molecule has 11 nitrogen and oxygen atoms in total. The minimum atomic E-state index is -4.71. The van der Waals surface area contributed by atoms with Gasteiger partial charge < -0.3 is 25.8 Å². The fourth-order valence-electron chi connectivity index (χ4n) is 3.52. The van der Waals surface area contributed by atoms with Crippen LogP contribution >= 0.6 is 0 Å². The third-order valence-corrected chi connectivity index (χ3v) is 6.56. The zero-order chi connectivity index (χ0) is 26.4. The molecule has 0 saturated carbocycles. The lowest BCUT2D eigenvalue weighted by Crippen LogP contribution is -2.24. The number of anilines is 4. The summed E-state index contributed by atoms with van der Waals surface area (Å²) >= 11 is 0. The van der Waals surface area contributed by atoms with Crippen LogP contribution in [0.5, 0.6) is 5.75 Å². The Labute approximate surface area is 201 Å². The Bertz CT molecular complexity index is 1530. The van der Waals surface area contributed by atoms with Gasteiger partial charge in [-0.25, -0.2) is 31.4 Å². The summed E-state index contributed by atoms with van der Waals surface area (Å²) < 4.78 is 77.0. The Hall–Kier alpha value is -4.53. The Balaban J connectivity index is 1.89. The number of carbonyl (C=O) groups is 2. The van der Waals surface area contributed by atoms with Crippen molar-refractivity contribution in [3.8, 4) is 5.75 Å². The van der Waals surface area contributed by atoms with Gasteiger partial charge in [0.1, 0.15) is 17.1 Å². The van der Waals surface area contributed by atoms with E-state index in [9.17, 15) is 31.9 Å². The van der Waals surface area contributed by atoms with Crippen LogP contribution in [0, 0.1) is 17.5 Å². The van der Waals surface area contributed by atoms with E-state index in [4.69, 9.17) is 10.5 Å². The van der Waals surface area contributed by atoms with Crippen LogP contribution < -0.4 is 25.4 Å². The van der Waals surface area contributed by atoms with Crippen LogP contribution in [0.2, 0.25) is 0 Å². The van der Waals surface area contributed by atoms with Gasteiger partial charge in [0.15, 0.2) is 23.2 Å². The number of ether oxygens (including phenoxy) is 1. The van der Waals surface area contributed by atoms with Crippen molar-refractivity contribution in [2.75, 3.05) is 28.7 Å². The number of nitrogens with zero attached hydrogens (tertiary/aromatic N) is 2. The number of fused-ring (bicyclic) bond motifs is 1. The number of halogens is 3. The molecule has 1 aliphatic heterocycles. The van der Waals surface area contributed by atoms with Gasteiger partial charge in [-0.2, -0.15) is 0 Å². The third-order valence-electron chi connectivity index (χ3n) is 5.21. The number of nitrogens with one attached hydrogen (secondary N) is 2. The van der Waals surface area contributed by atoms with Gasteiger partial charge >= 0.3 is 5.97 Å². The lowest BCUT2D eigenvalue weighted by atomic mass is 10.1. The summed E-state index contributed by atoms with van der Waals surface area (Å²) in [5.41, 5.74) is 2.33. The van der Waals surface area contributed by atoms with Gasteiger partial charge in [0.2, 0.25) is 0 Å². The molecule has 4 rings (SSSR count). The van der Waals surface area contributed by atoms with Crippen LogP contribution in [0.3, 0.4) is 0 Å². The summed E-state index contributed by atoms with van der Waals surface area (Å²) in [6.07, 6.45) is 1.05. The first kappa shape index (κ1) is 24.6. The summed E-state index contributed by atoms with van der Waals surface area (Å²) in [4.78, 5) is 27.5. The van der Waals surface area contributed by atoms with Gasteiger partial charge in [-0.15, -0.1) is 0 Å². The molecule has 1 aliphatic rings. The van der Waals surface area contributed by atoms with E-state index in [0.717, 1.165) is 29.3 Å². The molecule has 1 amide bonds. The predicted octanol–water partition coefficient (Wildman–Crippen LogP) is 2.63. The molecule has 2 aromatic carbocycles. The molecule has 0 bridgehead atoms. The van der Waals surface area contributed by atoms with E-state index in [1.165, 1.54) is 7.11 Å². The molecule has 0 radical (unpaired) electrons. The number of nitrogens with two attached hydrogens (primary N) is 1. The molecule has 36 heavy (non-hydrogen) atoms. The highest BCUT2D eigenvalue weighted by atomic mass is 32.2. The van der Waals surface area contributed by atoms with Gasteiger partial charge in [0, 0.05) is 12.3 Å². The van der Waals surface area contributed by atoms with Gasteiger partial charge in [-0.1, -0.05) is 0 Å². The molecule has 188 valence electrons. The third kappa shape index (κ3) is 4.19. The largest absolute Gasteiger partial charge is 0.494 e. The molecule has 0 saturated heterocycles. The summed E-state index contributed by atoms with van der Waals surface area (Å²) in [6, 6.07) is 4.43. The van der Waals surface area contributed by atoms with E-state index in [1.807, 2.05) is 4.72 Å². The lowest BCUT2D eigenvalue weighted by molar-refractivity contribution is 0.0696. The molecule has 0 fully saturated rings. The molecular formula is C21H16F3N5O6S. The zero-order valence-electron chi connectivity index (χ0n) is 18.2. The maximum absolute atomic E-state index is 15.4. The van der Waals surface area contributed by atoms with Crippen LogP contribution in [-0.4, -0.2) is 44.2 Å². The summed E-state index contributed by atoms with van der Waals surface area (Å²) in [5.74, 6) is -7.01. The fourth-order valence-corrected chi connectivity index (χ4v) is 4.60. The predicted molar refractivity (Wildman–Crippen MR) is 120 cm³/mol. The van der Waals surface area contributed by atoms with E-state index < -0.39 is 61.2 Å². The van der Waals surface area contributed by atoms with E-state index >= 15 is 4.39 Å². The first-order chi connectivity index (χ1) is 16.9. The number of rotatable bonds is 7. The maximum Gasteiger partial charge on any atom is 0.337 e. The Kier molecular flexibility index (Phi) is 6.09. The number of hydrogen-bond acceptors (Lipinski definition) is 8. The average Bonchev–Trinajstić information content (AvgIpc) is 3.23. The van der Waals surface area contributed by atoms with Gasteiger partial charge in [-0.3, -0.25) is 9.52 Å². The minimum Gasteiger partial charge on any atom is -0.494 e. The van der Waals surface area contributed by atoms with Crippen LogP contribution in [-0.2, 0) is 10.0 Å². The highest BCUT2D eigenvalue weighted by Gasteiger charge is 2.32. The average molecular weight is 523 g/mol. The Morgan fingerprint density at radius 1 is 1.17 bits per heavy atom.